The molecule has 3 heterocycles. The third-order valence-corrected chi connectivity index (χ3v) is 6.63. The largest absolute Gasteiger partial charge is 0.491 e. The van der Waals surface area contributed by atoms with E-state index in [1.165, 1.54) is 19.2 Å². The minimum absolute atomic E-state index is 0.0888. The topological polar surface area (TPSA) is 104 Å². The summed E-state index contributed by atoms with van der Waals surface area (Å²) in [6.07, 6.45) is 0.758. The van der Waals surface area contributed by atoms with Crippen LogP contribution in [0.5, 0.6) is 11.5 Å². The van der Waals surface area contributed by atoms with Crippen molar-refractivity contribution in [3.8, 4) is 11.5 Å². The second kappa shape index (κ2) is 11.0. The first-order valence-electron chi connectivity index (χ1n) is 12.4. The van der Waals surface area contributed by atoms with Crippen molar-refractivity contribution in [3.63, 3.8) is 0 Å². The van der Waals surface area contributed by atoms with Crippen molar-refractivity contribution < 1.29 is 27.8 Å². The Bertz CT molecular complexity index is 1030. The number of hydrogen-bond donors (Lipinski definition) is 2. The SMILES string of the molecule is COc1c(NC[C@H]2CCC[C@@H](c3ccc(OC(C)(F)F)cc3)O2)nn(C)c1C(=O)N1CCC(N)CC1. The lowest BCUT2D eigenvalue weighted by atomic mass is 9.98. The van der Waals surface area contributed by atoms with Crippen LogP contribution in [0.2, 0.25) is 0 Å². The van der Waals surface area contributed by atoms with E-state index in [1.54, 1.807) is 28.8 Å². The summed E-state index contributed by atoms with van der Waals surface area (Å²) in [5.41, 5.74) is 7.29. The van der Waals surface area contributed by atoms with Gasteiger partial charge < -0.3 is 30.2 Å². The van der Waals surface area contributed by atoms with Gasteiger partial charge in [-0.1, -0.05) is 12.1 Å². The van der Waals surface area contributed by atoms with Gasteiger partial charge in [-0.3, -0.25) is 9.48 Å². The molecular weight excluding hydrogens is 472 g/mol. The number of rotatable bonds is 8. The second-order valence-electron chi connectivity index (χ2n) is 9.52. The Morgan fingerprint density at radius 1 is 1.22 bits per heavy atom. The van der Waals surface area contributed by atoms with Gasteiger partial charge in [0.25, 0.3) is 5.91 Å². The molecule has 0 unspecified atom stereocenters. The average molecular weight is 508 g/mol. The molecular formula is C25H35F2N5O4. The van der Waals surface area contributed by atoms with Gasteiger partial charge in [0.1, 0.15) is 5.75 Å². The third-order valence-electron chi connectivity index (χ3n) is 6.63. The van der Waals surface area contributed by atoms with E-state index in [4.69, 9.17) is 15.2 Å². The molecule has 36 heavy (non-hydrogen) atoms. The molecule has 11 heteroatoms. The number of piperidine rings is 1. The van der Waals surface area contributed by atoms with Crippen LogP contribution in [0, 0.1) is 0 Å². The second-order valence-corrected chi connectivity index (χ2v) is 9.52. The quantitative estimate of drug-likeness (QED) is 0.561. The van der Waals surface area contributed by atoms with Gasteiger partial charge in [-0.05, 0) is 49.8 Å². The van der Waals surface area contributed by atoms with E-state index in [2.05, 4.69) is 15.2 Å². The highest BCUT2D eigenvalue weighted by atomic mass is 19.3. The number of nitrogens with one attached hydrogen (secondary N) is 1. The minimum Gasteiger partial charge on any atom is -0.491 e. The maximum Gasteiger partial charge on any atom is 0.394 e. The molecule has 2 aliphatic heterocycles. The molecule has 2 fully saturated rings. The number of nitrogens with zero attached hydrogens (tertiary/aromatic N) is 3. The first-order valence-corrected chi connectivity index (χ1v) is 12.4. The van der Waals surface area contributed by atoms with Crippen LogP contribution in [-0.2, 0) is 11.8 Å². The van der Waals surface area contributed by atoms with Crippen LogP contribution in [0.15, 0.2) is 24.3 Å². The fraction of sp³-hybridized carbons (Fsp3) is 0.600. The van der Waals surface area contributed by atoms with Gasteiger partial charge in [0, 0.05) is 39.6 Å². The Hall–Kier alpha value is -2.92. The molecule has 2 aromatic rings. The van der Waals surface area contributed by atoms with Gasteiger partial charge in [-0.15, -0.1) is 0 Å². The predicted molar refractivity (Wildman–Crippen MR) is 131 cm³/mol. The molecule has 2 saturated heterocycles. The number of likely N-dealkylation sites (tertiary alicyclic amines) is 1. The van der Waals surface area contributed by atoms with Crippen molar-refractivity contribution in [2.45, 2.75) is 63.4 Å². The number of hydrogen-bond acceptors (Lipinski definition) is 7. The average Bonchev–Trinajstić information content (AvgIpc) is 3.17. The number of carbonyl (C=O) groups excluding carboxylic acids is 1. The molecule has 9 nitrogen and oxygen atoms in total. The van der Waals surface area contributed by atoms with Crippen molar-refractivity contribution >= 4 is 11.7 Å². The lowest BCUT2D eigenvalue weighted by molar-refractivity contribution is -0.158. The molecule has 0 aliphatic carbocycles. The molecule has 0 spiro atoms. The van der Waals surface area contributed by atoms with Gasteiger partial charge in [0.15, 0.2) is 17.3 Å². The Labute approximate surface area is 209 Å². The molecule has 198 valence electrons. The fourth-order valence-corrected chi connectivity index (χ4v) is 4.76. The van der Waals surface area contributed by atoms with Crippen molar-refractivity contribution in [2.75, 3.05) is 32.1 Å². The molecule has 2 aliphatic rings. The van der Waals surface area contributed by atoms with Gasteiger partial charge in [0.05, 0.1) is 19.3 Å². The number of benzene rings is 1. The van der Waals surface area contributed by atoms with Crippen molar-refractivity contribution in [2.24, 2.45) is 12.8 Å². The van der Waals surface area contributed by atoms with E-state index in [9.17, 15) is 13.6 Å². The number of ether oxygens (including phenoxy) is 3. The predicted octanol–water partition coefficient (Wildman–Crippen LogP) is 3.71. The van der Waals surface area contributed by atoms with E-state index >= 15 is 0 Å². The van der Waals surface area contributed by atoms with E-state index in [-0.39, 0.29) is 29.9 Å². The third kappa shape index (κ3) is 6.25. The number of alkyl halides is 2. The zero-order valence-corrected chi connectivity index (χ0v) is 21.0. The number of methoxy groups -OCH3 is 1. The molecule has 1 aromatic heterocycles. The van der Waals surface area contributed by atoms with Gasteiger partial charge in [-0.2, -0.15) is 13.9 Å². The molecule has 3 N–H and O–H groups in total. The van der Waals surface area contributed by atoms with E-state index < -0.39 is 6.11 Å². The number of nitrogens with two attached hydrogens (primary N) is 1. The Kier molecular flexibility index (Phi) is 7.99. The van der Waals surface area contributed by atoms with Crippen molar-refractivity contribution in [3.05, 3.63) is 35.5 Å². The van der Waals surface area contributed by atoms with E-state index in [0.29, 0.717) is 43.8 Å². The first kappa shape index (κ1) is 26.2. The van der Waals surface area contributed by atoms with Crippen LogP contribution < -0.4 is 20.5 Å². The number of aryl methyl sites for hydroxylation is 1. The summed E-state index contributed by atoms with van der Waals surface area (Å²) in [5, 5.41) is 7.78. The Balaban J connectivity index is 1.38. The summed E-state index contributed by atoms with van der Waals surface area (Å²) in [4.78, 5) is 15.0. The number of aromatic nitrogens is 2. The Morgan fingerprint density at radius 2 is 1.92 bits per heavy atom. The minimum atomic E-state index is -3.22. The highest BCUT2D eigenvalue weighted by molar-refractivity contribution is 5.97. The summed E-state index contributed by atoms with van der Waals surface area (Å²) < 4.78 is 44.2. The van der Waals surface area contributed by atoms with Crippen molar-refractivity contribution in [1.29, 1.82) is 0 Å². The van der Waals surface area contributed by atoms with Crippen molar-refractivity contribution in [1.82, 2.24) is 14.7 Å². The van der Waals surface area contributed by atoms with Gasteiger partial charge in [0.2, 0.25) is 0 Å². The number of amides is 1. The fourth-order valence-electron chi connectivity index (χ4n) is 4.76. The summed E-state index contributed by atoms with van der Waals surface area (Å²) in [6.45, 7) is 2.42. The first-order chi connectivity index (χ1) is 17.1. The molecule has 1 amide bonds. The highest BCUT2D eigenvalue weighted by Crippen LogP contribution is 2.34. The van der Waals surface area contributed by atoms with Gasteiger partial charge >= 0.3 is 6.11 Å². The summed E-state index contributed by atoms with van der Waals surface area (Å²) in [6, 6.07) is 6.71. The maximum absolute atomic E-state index is 13.2. The maximum atomic E-state index is 13.2. The molecule has 0 saturated carbocycles. The molecule has 0 bridgehead atoms. The summed E-state index contributed by atoms with van der Waals surface area (Å²) in [7, 11) is 3.26. The molecule has 0 radical (unpaired) electrons. The highest BCUT2D eigenvalue weighted by Gasteiger charge is 2.30. The standard InChI is InChI=1S/C25H35F2N5O4/c1-25(26,27)36-18-9-7-16(8-10-18)20-6-4-5-19(35-20)15-29-23-22(34-3)21(31(2)30-23)24(33)32-13-11-17(28)12-14-32/h7-10,17,19-20H,4-6,11-15,28H2,1-3H3,(H,29,30)/t19-,20+/m1/s1. The van der Waals surface area contributed by atoms with E-state index in [0.717, 1.165) is 37.7 Å². The molecule has 4 rings (SSSR count). The van der Waals surface area contributed by atoms with Gasteiger partial charge in [-0.25, -0.2) is 0 Å². The summed E-state index contributed by atoms with van der Waals surface area (Å²) in [5.74, 6) is 0.891. The number of carbonyl (C=O) groups is 1. The monoisotopic (exact) mass is 507 g/mol. The molecule has 1 aromatic carbocycles. The Morgan fingerprint density at radius 3 is 2.56 bits per heavy atom. The van der Waals surface area contributed by atoms with Crippen LogP contribution in [0.1, 0.15) is 61.2 Å². The smallest absolute Gasteiger partial charge is 0.394 e. The van der Waals surface area contributed by atoms with Crippen LogP contribution in [-0.4, -0.2) is 65.6 Å². The normalized spacial score (nSPS) is 21.3. The van der Waals surface area contributed by atoms with Crippen LogP contribution >= 0.6 is 0 Å². The van der Waals surface area contributed by atoms with Crippen LogP contribution in [0.4, 0.5) is 14.6 Å². The van der Waals surface area contributed by atoms with Crippen LogP contribution in [0.25, 0.3) is 0 Å². The molecule has 2 atom stereocenters. The lowest BCUT2D eigenvalue weighted by Gasteiger charge is -2.31. The summed E-state index contributed by atoms with van der Waals surface area (Å²) >= 11 is 0. The lowest BCUT2D eigenvalue weighted by Crippen LogP contribution is -2.43. The number of halogens is 2. The van der Waals surface area contributed by atoms with Crippen LogP contribution in [0.3, 0.4) is 0 Å². The van der Waals surface area contributed by atoms with E-state index in [1.807, 2.05) is 0 Å². The zero-order valence-electron chi connectivity index (χ0n) is 21.0. The zero-order chi connectivity index (χ0) is 25.9. The number of anilines is 1.